The fourth-order valence-corrected chi connectivity index (χ4v) is 3.44. The third-order valence-corrected chi connectivity index (χ3v) is 5.58. The third kappa shape index (κ3) is 4.27. The van der Waals surface area contributed by atoms with Gasteiger partial charge in [0, 0.05) is 18.5 Å². The maximum atomic E-state index is 12.8. The number of rotatable bonds is 7. The quantitative estimate of drug-likeness (QED) is 0.592. The zero-order valence-electron chi connectivity index (χ0n) is 18.1. The van der Waals surface area contributed by atoms with Crippen LogP contribution in [0.15, 0.2) is 12.3 Å². The molecule has 1 saturated heterocycles. The van der Waals surface area contributed by atoms with Crippen LogP contribution in [0.5, 0.6) is 0 Å². The topological polar surface area (TPSA) is 115 Å². The highest BCUT2D eigenvalue weighted by molar-refractivity contribution is 6.11. The fourth-order valence-electron chi connectivity index (χ4n) is 3.44. The number of anilines is 2. The normalized spacial score (nSPS) is 17.7. The van der Waals surface area contributed by atoms with Crippen LogP contribution in [0.4, 0.5) is 11.4 Å². The average Bonchev–Trinajstić information content (AvgIpc) is 3.33. The Labute approximate surface area is 175 Å². The van der Waals surface area contributed by atoms with E-state index in [0.29, 0.717) is 48.6 Å². The zero-order chi connectivity index (χ0) is 22.1. The van der Waals surface area contributed by atoms with Crippen LogP contribution in [-0.2, 0) is 20.8 Å². The number of carbonyl (C=O) groups is 2. The summed E-state index contributed by atoms with van der Waals surface area (Å²) in [6.45, 7) is 8.58. The molecule has 1 fully saturated rings. The van der Waals surface area contributed by atoms with Gasteiger partial charge < -0.3 is 29.8 Å². The maximum Gasteiger partial charge on any atom is 0.356 e. The van der Waals surface area contributed by atoms with Crippen molar-refractivity contribution in [2.24, 2.45) is 5.92 Å². The first-order valence-electron chi connectivity index (χ1n) is 10.1. The summed E-state index contributed by atoms with van der Waals surface area (Å²) < 4.78 is 12.0. The predicted molar refractivity (Wildman–Crippen MR) is 114 cm³/mol. The van der Waals surface area contributed by atoms with E-state index < -0.39 is 11.6 Å². The molecule has 1 amide bonds. The van der Waals surface area contributed by atoms with Crippen LogP contribution in [0.2, 0.25) is 0 Å². The lowest BCUT2D eigenvalue weighted by atomic mass is 10.0. The highest BCUT2D eigenvalue weighted by atomic mass is 16.5. The Morgan fingerprint density at radius 3 is 2.77 bits per heavy atom. The van der Waals surface area contributed by atoms with Gasteiger partial charge in [-0.15, -0.1) is 0 Å². The number of hydrogen-bond donors (Lipinski definition) is 3. The number of aromatic nitrogens is 2. The largest absolute Gasteiger partial charge is 0.464 e. The number of amides is 1. The van der Waals surface area contributed by atoms with E-state index in [4.69, 9.17) is 9.47 Å². The molecule has 9 nitrogen and oxygen atoms in total. The minimum atomic E-state index is -0.943. The summed E-state index contributed by atoms with van der Waals surface area (Å²) in [6, 6.07) is 1.57. The number of ether oxygens (including phenoxy) is 2. The lowest BCUT2D eigenvalue weighted by Gasteiger charge is -2.27. The molecule has 164 valence electrons. The molecule has 0 saturated carbocycles. The van der Waals surface area contributed by atoms with Gasteiger partial charge in [0.25, 0.3) is 0 Å². The van der Waals surface area contributed by atoms with E-state index in [1.165, 1.54) is 7.11 Å². The van der Waals surface area contributed by atoms with E-state index in [0.717, 1.165) is 0 Å². The van der Waals surface area contributed by atoms with E-state index in [1.54, 1.807) is 24.6 Å². The van der Waals surface area contributed by atoms with Crippen molar-refractivity contribution >= 4 is 34.3 Å². The van der Waals surface area contributed by atoms with Crippen molar-refractivity contribution in [3.63, 3.8) is 0 Å². The molecule has 3 rings (SSSR count). The molecule has 1 aliphatic heterocycles. The summed E-state index contributed by atoms with van der Waals surface area (Å²) in [5.74, 6) is -1.01. The number of aliphatic hydroxyl groups is 1. The monoisotopic (exact) mass is 418 g/mol. The second-order valence-electron chi connectivity index (χ2n) is 8.12. The van der Waals surface area contributed by atoms with Gasteiger partial charge in [0.15, 0.2) is 5.69 Å². The van der Waals surface area contributed by atoms with Crippen molar-refractivity contribution in [3.8, 4) is 0 Å². The number of fused-ring (bicyclic) bond motifs is 1. The Hall–Kier alpha value is -2.65. The predicted octanol–water partition coefficient (Wildman–Crippen LogP) is 2.39. The minimum absolute atomic E-state index is 0.198. The Bertz CT molecular complexity index is 941. The molecule has 2 aromatic rings. The molecule has 0 bridgehead atoms. The molecule has 0 radical (unpaired) electrons. The number of esters is 1. The zero-order valence-corrected chi connectivity index (χ0v) is 18.1. The van der Waals surface area contributed by atoms with E-state index in [-0.39, 0.29) is 23.6 Å². The second-order valence-corrected chi connectivity index (χ2v) is 8.12. The third-order valence-electron chi connectivity index (χ3n) is 5.58. The molecular weight excluding hydrogens is 388 g/mol. The van der Waals surface area contributed by atoms with Crippen molar-refractivity contribution in [2.45, 2.75) is 52.3 Å². The molecule has 2 atom stereocenters. The minimum Gasteiger partial charge on any atom is -0.464 e. The van der Waals surface area contributed by atoms with Crippen LogP contribution in [0.25, 0.3) is 11.0 Å². The number of methoxy groups -OCH3 is 1. The lowest BCUT2D eigenvalue weighted by Crippen LogP contribution is -2.39. The summed E-state index contributed by atoms with van der Waals surface area (Å²) >= 11 is 0. The standard InChI is InChI=1S/C21H30N4O5/c1-6-25-17(20(27)29-5)16(24-19(26)13-7-8-30-11-13)15-9-14(10-22-18(15)25)23-12(2)21(3,4)28/h9-10,12-13,23,28H,6-8,11H2,1-5H3,(H,24,26)/t12-,13-/m1/s1. The number of nitrogens with zero attached hydrogens (tertiary/aromatic N) is 2. The number of nitrogens with one attached hydrogen (secondary N) is 2. The van der Waals surface area contributed by atoms with Crippen LogP contribution < -0.4 is 10.6 Å². The van der Waals surface area contributed by atoms with Gasteiger partial charge in [-0.05, 0) is 40.2 Å². The Balaban J connectivity index is 2.09. The van der Waals surface area contributed by atoms with E-state index >= 15 is 0 Å². The number of pyridine rings is 1. The van der Waals surface area contributed by atoms with Crippen LogP contribution in [0.3, 0.4) is 0 Å². The van der Waals surface area contributed by atoms with E-state index in [2.05, 4.69) is 15.6 Å². The van der Waals surface area contributed by atoms with E-state index in [1.807, 2.05) is 19.9 Å². The van der Waals surface area contributed by atoms with Crippen LogP contribution >= 0.6 is 0 Å². The van der Waals surface area contributed by atoms with Gasteiger partial charge in [-0.3, -0.25) is 4.79 Å². The first kappa shape index (κ1) is 22.0. The summed E-state index contributed by atoms with van der Waals surface area (Å²) in [4.78, 5) is 29.9. The first-order valence-corrected chi connectivity index (χ1v) is 10.1. The smallest absolute Gasteiger partial charge is 0.356 e. The number of aryl methyl sites for hydroxylation is 1. The Morgan fingerprint density at radius 2 is 2.20 bits per heavy atom. The molecule has 0 spiro atoms. The Kier molecular flexibility index (Phi) is 6.33. The lowest BCUT2D eigenvalue weighted by molar-refractivity contribution is -0.119. The van der Waals surface area contributed by atoms with Gasteiger partial charge in [0.1, 0.15) is 5.65 Å². The molecule has 0 unspecified atom stereocenters. The summed E-state index contributed by atoms with van der Waals surface area (Å²) in [5, 5.41) is 17.0. The highest BCUT2D eigenvalue weighted by Crippen LogP contribution is 2.33. The van der Waals surface area contributed by atoms with Gasteiger partial charge in [0.05, 0.1) is 48.8 Å². The first-order chi connectivity index (χ1) is 14.2. The fraction of sp³-hybridized carbons (Fsp3) is 0.571. The number of carbonyl (C=O) groups excluding carboxylic acids is 2. The molecule has 30 heavy (non-hydrogen) atoms. The molecule has 3 N–H and O–H groups in total. The van der Waals surface area contributed by atoms with Gasteiger partial charge in [-0.1, -0.05) is 0 Å². The summed E-state index contributed by atoms with van der Waals surface area (Å²) in [6.07, 6.45) is 2.29. The molecular formula is C21H30N4O5. The average molecular weight is 418 g/mol. The molecule has 0 aliphatic carbocycles. The summed E-state index contributed by atoms with van der Waals surface area (Å²) in [7, 11) is 1.31. The maximum absolute atomic E-state index is 12.8. The van der Waals surface area contributed by atoms with Crippen molar-refractivity contribution in [2.75, 3.05) is 31.0 Å². The molecule has 3 heterocycles. The van der Waals surface area contributed by atoms with Crippen molar-refractivity contribution in [1.82, 2.24) is 9.55 Å². The van der Waals surface area contributed by atoms with Crippen molar-refractivity contribution < 1.29 is 24.2 Å². The molecule has 2 aromatic heterocycles. The SMILES string of the molecule is CCn1c(C(=O)OC)c(NC(=O)[C@@H]2CCOC2)c2cc(N[C@H](C)C(C)(C)O)cnc21. The van der Waals surface area contributed by atoms with Gasteiger partial charge in [0.2, 0.25) is 5.91 Å². The van der Waals surface area contributed by atoms with Crippen LogP contribution in [-0.4, -0.2) is 58.5 Å². The van der Waals surface area contributed by atoms with E-state index in [9.17, 15) is 14.7 Å². The number of hydrogen-bond acceptors (Lipinski definition) is 7. The van der Waals surface area contributed by atoms with Crippen molar-refractivity contribution in [1.29, 1.82) is 0 Å². The van der Waals surface area contributed by atoms with Gasteiger partial charge >= 0.3 is 5.97 Å². The van der Waals surface area contributed by atoms with Crippen LogP contribution in [0, 0.1) is 5.92 Å². The summed E-state index contributed by atoms with van der Waals surface area (Å²) in [5.41, 5.74) is 0.921. The Morgan fingerprint density at radius 1 is 1.47 bits per heavy atom. The van der Waals surface area contributed by atoms with Gasteiger partial charge in [-0.2, -0.15) is 0 Å². The van der Waals surface area contributed by atoms with Crippen molar-refractivity contribution in [3.05, 3.63) is 18.0 Å². The molecule has 1 aliphatic rings. The molecule has 9 heteroatoms. The van der Waals surface area contributed by atoms with Crippen LogP contribution in [0.1, 0.15) is 44.6 Å². The highest BCUT2D eigenvalue weighted by Gasteiger charge is 2.30. The van der Waals surface area contributed by atoms with Gasteiger partial charge in [-0.25, -0.2) is 9.78 Å². The second kappa shape index (κ2) is 8.61. The molecule has 0 aromatic carbocycles.